The van der Waals surface area contributed by atoms with Crippen molar-refractivity contribution in [2.24, 2.45) is 16.1 Å². The summed E-state index contributed by atoms with van der Waals surface area (Å²) < 4.78 is 0. The van der Waals surface area contributed by atoms with E-state index in [1.54, 1.807) is 12.1 Å². The highest BCUT2D eigenvalue weighted by Crippen LogP contribution is 2.23. The molecule has 0 aromatic heterocycles. The standard InChI is InChI=1S/C17H22N4O2S/c1-11(2)9-12(3)20-21-17-19-16(23)14(24-17)10-15(22)18-13-7-5-4-6-8-13/h4-8,11,14H,9-10H2,1-3H3,(H,18,22)(H,19,21,23)/b20-12+. The molecular formula is C17H22N4O2S. The predicted octanol–water partition coefficient (Wildman–Crippen LogP) is 3.02. The third-order valence-electron chi connectivity index (χ3n) is 3.22. The van der Waals surface area contributed by atoms with Crippen molar-refractivity contribution >= 4 is 40.1 Å². The Morgan fingerprint density at radius 3 is 2.71 bits per heavy atom. The van der Waals surface area contributed by atoms with Crippen molar-refractivity contribution in [3.63, 3.8) is 0 Å². The average Bonchev–Trinajstić information content (AvgIpc) is 2.85. The molecule has 2 rings (SSSR count). The van der Waals surface area contributed by atoms with Gasteiger partial charge in [0, 0.05) is 17.8 Å². The number of para-hydroxylation sites is 1. The van der Waals surface area contributed by atoms with Crippen molar-refractivity contribution in [3.8, 4) is 0 Å². The van der Waals surface area contributed by atoms with Gasteiger partial charge in [-0.1, -0.05) is 43.8 Å². The van der Waals surface area contributed by atoms with Gasteiger partial charge in [0.15, 0.2) is 5.17 Å². The number of nitrogens with zero attached hydrogens (tertiary/aromatic N) is 2. The van der Waals surface area contributed by atoms with Gasteiger partial charge in [-0.15, -0.1) is 5.10 Å². The lowest BCUT2D eigenvalue weighted by molar-refractivity contribution is -0.122. The second-order valence-corrected chi connectivity index (χ2v) is 7.24. The van der Waals surface area contributed by atoms with E-state index in [9.17, 15) is 9.59 Å². The highest BCUT2D eigenvalue weighted by molar-refractivity contribution is 8.15. The molecule has 0 aliphatic carbocycles. The summed E-state index contributed by atoms with van der Waals surface area (Å²) >= 11 is 1.24. The number of anilines is 1. The number of rotatable bonds is 6. The Balaban J connectivity index is 1.89. The number of hydrogen-bond donors (Lipinski definition) is 2. The molecule has 1 saturated heterocycles. The van der Waals surface area contributed by atoms with Gasteiger partial charge < -0.3 is 10.6 Å². The molecule has 0 spiro atoms. The van der Waals surface area contributed by atoms with Gasteiger partial charge in [0.05, 0.1) is 0 Å². The molecule has 24 heavy (non-hydrogen) atoms. The molecule has 7 heteroatoms. The maximum Gasteiger partial charge on any atom is 0.240 e. The molecule has 1 fully saturated rings. The molecule has 2 amide bonds. The topological polar surface area (TPSA) is 82.9 Å². The largest absolute Gasteiger partial charge is 0.326 e. The van der Waals surface area contributed by atoms with Gasteiger partial charge in [-0.2, -0.15) is 5.10 Å². The second kappa shape index (κ2) is 8.63. The van der Waals surface area contributed by atoms with Crippen molar-refractivity contribution in [1.29, 1.82) is 0 Å². The summed E-state index contributed by atoms with van der Waals surface area (Å²) in [4.78, 5) is 24.0. The first-order valence-corrected chi connectivity index (χ1v) is 8.75. The number of carbonyl (C=O) groups excluding carboxylic acids is 2. The van der Waals surface area contributed by atoms with E-state index in [1.807, 2.05) is 25.1 Å². The molecule has 1 unspecified atom stereocenters. The Hall–Kier alpha value is -2.15. The maximum atomic E-state index is 12.0. The molecule has 1 aromatic carbocycles. The lowest BCUT2D eigenvalue weighted by atomic mass is 10.1. The number of hydrogen-bond acceptors (Lipinski definition) is 5. The minimum atomic E-state index is -0.479. The Labute approximate surface area is 146 Å². The zero-order valence-corrected chi connectivity index (χ0v) is 14.9. The number of amidine groups is 1. The van der Waals surface area contributed by atoms with Crippen molar-refractivity contribution in [2.75, 3.05) is 5.32 Å². The molecule has 6 nitrogen and oxygen atoms in total. The molecule has 1 atom stereocenters. The van der Waals surface area contributed by atoms with E-state index in [0.717, 1.165) is 12.1 Å². The first-order valence-electron chi connectivity index (χ1n) is 7.87. The number of nitrogens with one attached hydrogen (secondary N) is 2. The molecule has 1 aromatic rings. The Morgan fingerprint density at radius 2 is 2.04 bits per heavy atom. The third kappa shape index (κ3) is 5.81. The van der Waals surface area contributed by atoms with Crippen LogP contribution in [0.3, 0.4) is 0 Å². The van der Waals surface area contributed by atoms with E-state index in [1.165, 1.54) is 11.8 Å². The Morgan fingerprint density at radius 1 is 1.33 bits per heavy atom. The Kier molecular flexibility index (Phi) is 6.54. The van der Waals surface area contributed by atoms with Crippen LogP contribution in [0.25, 0.3) is 0 Å². The summed E-state index contributed by atoms with van der Waals surface area (Å²) in [6.45, 7) is 6.13. The van der Waals surface area contributed by atoms with Crippen LogP contribution in [0.4, 0.5) is 5.69 Å². The highest BCUT2D eigenvalue weighted by atomic mass is 32.2. The lowest BCUT2D eigenvalue weighted by Gasteiger charge is -2.06. The van der Waals surface area contributed by atoms with Crippen LogP contribution >= 0.6 is 11.8 Å². The van der Waals surface area contributed by atoms with Crippen molar-refractivity contribution in [2.45, 2.75) is 38.9 Å². The summed E-state index contributed by atoms with van der Waals surface area (Å²) in [6.07, 6.45) is 0.956. The quantitative estimate of drug-likeness (QED) is 0.613. The van der Waals surface area contributed by atoms with Crippen LogP contribution in [0.2, 0.25) is 0 Å². The number of thioether (sulfide) groups is 1. The zero-order valence-electron chi connectivity index (χ0n) is 14.1. The number of benzene rings is 1. The fourth-order valence-electron chi connectivity index (χ4n) is 2.25. The average molecular weight is 346 g/mol. The smallest absolute Gasteiger partial charge is 0.240 e. The van der Waals surface area contributed by atoms with E-state index in [0.29, 0.717) is 16.8 Å². The van der Waals surface area contributed by atoms with E-state index in [4.69, 9.17) is 0 Å². The van der Waals surface area contributed by atoms with E-state index < -0.39 is 5.25 Å². The molecule has 1 heterocycles. The first kappa shape index (κ1) is 18.2. The molecule has 1 aliphatic rings. The van der Waals surface area contributed by atoms with Crippen LogP contribution in [0.5, 0.6) is 0 Å². The molecule has 128 valence electrons. The van der Waals surface area contributed by atoms with Crippen molar-refractivity contribution in [1.82, 2.24) is 5.32 Å². The van der Waals surface area contributed by atoms with Gasteiger partial charge in [-0.25, -0.2) is 0 Å². The summed E-state index contributed by atoms with van der Waals surface area (Å²) in [7, 11) is 0. The van der Waals surface area contributed by atoms with Crippen molar-refractivity contribution in [3.05, 3.63) is 30.3 Å². The molecular weight excluding hydrogens is 324 g/mol. The SMILES string of the molecule is C/C(CC(C)C)=N\N=C1\NC(=O)C(CC(=O)Nc2ccccc2)S1. The summed E-state index contributed by atoms with van der Waals surface area (Å²) in [6, 6.07) is 9.17. The molecule has 0 radical (unpaired) electrons. The fraction of sp³-hybridized carbons (Fsp3) is 0.412. The van der Waals surface area contributed by atoms with E-state index in [-0.39, 0.29) is 18.2 Å². The number of amides is 2. The summed E-state index contributed by atoms with van der Waals surface area (Å²) in [5.74, 6) is 0.0995. The van der Waals surface area contributed by atoms with Crippen LogP contribution in [0, 0.1) is 5.92 Å². The van der Waals surface area contributed by atoms with E-state index in [2.05, 4.69) is 34.7 Å². The predicted molar refractivity (Wildman–Crippen MR) is 99.2 cm³/mol. The minimum Gasteiger partial charge on any atom is -0.326 e. The zero-order chi connectivity index (χ0) is 17.5. The summed E-state index contributed by atoms with van der Waals surface area (Å²) in [5, 5.41) is 13.6. The molecule has 0 bridgehead atoms. The highest BCUT2D eigenvalue weighted by Gasteiger charge is 2.32. The van der Waals surface area contributed by atoms with Gasteiger partial charge >= 0.3 is 0 Å². The van der Waals surface area contributed by atoms with Crippen LogP contribution in [-0.4, -0.2) is 27.9 Å². The van der Waals surface area contributed by atoms with Crippen molar-refractivity contribution < 1.29 is 9.59 Å². The summed E-state index contributed by atoms with van der Waals surface area (Å²) in [5.41, 5.74) is 1.63. The van der Waals surface area contributed by atoms with Crippen LogP contribution in [0.1, 0.15) is 33.6 Å². The second-order valence-electron chi connectivity index (χ2n) is 6.05. The Bertz CT molecular complexity index is 656. The molecule has 0 saturated carbocycles. The maximum absolute atomic E-state index is 12.0. The fourth-order valence-corrected chi connectivity index (χ4v) is 3.17. The van der Waals surface area contributed by atoms with Gasteiger partial charge in [0.2, 0.25) is 11.8 Å². The lowest BCUT2D eigenvalue weighted by Crippen LogP contribution is -2.28. The number of carbonyl (C=O) groups is 2. The third-order valence-corrected chi connectivity index (χ3v) is 4.29. The first-order chi connectivity index (χ1) is 11.4. The van der Waals surface area contributed by atoms with Gasteiger partial charge in [-0.05, 0) is 31.4 Å². The van der Waals surface area contributed by atoms with Crippen LogP contribution < -0.4 is 10.6 Å². The monoisotopic (exact) mass is 346 g/mol. The molecule has 2 N–H and O–H groups in total. The minimum absolute atomic E-state index is 0.0963. The molecule has 1 aliphatic heterocycles. The van der Waals surface area contributed by atoms with Gasteiger partial charge in [0.25, 0.3) is 0 Å². The normalized spacial score (nSPS) is 19.7. The van der Waals surface area contributed by atoms with Gasteiger partial charge in [0.1, 0.15) is 5.25 Å². The van der Waals surface area contributed by atoms with Crippen LogP contribution in [-0.2, 0) is 9.59 Å². The van der Waals surface area contributed by atoms with E-state index >= 15 is 0 Å². The van der Waals surface area contributed by atoms with Crippen LogP contribution in [0.15, 0.2) is 40.5 Å². The van der Waals surface area contributed by atoms with Gasteiger partial charge in [-0.3, -0.25) is 9.59 Å².